The minimum Gasteiger partial charge on any atom is -0.462 e. The number of carbonyl (C=O) groups excluding carboxylic acids is 1. The average Bonchev–Trinajstić information content (AvgIpc) is 2.73. The van der Waals surface area contributed by atoms with Crippen molar-refractivity contribution in [3.63, 3.8) is 0 Å². The largest absolute Gasteiger partial charge is 0.462 e. The van der Waals surface area contributed by atoms with Gasteiger partial charge in [-0.25, -0.2) is 19.0 Å². The van der Waals surface area contributed by atoms with E-state index in [0.29, 0.717) is 11.7 Å². The summed E-state index contributed by atoms with van der Waals surface area (Å²) in [5.41, 5.74) is -0.311. The SMILES string of the molecule is [C-]#[N+]c1cc2c(=O)c(C(=O)OCC)cn(-c3ccc(N4CC(N(C)C)C4)nc3)c2cc1F. The molecule has 32 heavy (non-hydrogen) atoms. The van der Waals surface area contributed by atoms with Crippen molar-refractivity contribution in [2.75, 3.05) is 38.7 Å². The molecule has 1 aliphatic heterocycles. The molecule has 9 heteroatoms. The molecule has 2 aromatic heterocycles. The first kappa shape index (κ1) is 21.5. The van der Waals surface area contributed by atoms with Crippen LogP contribution in [-0.4, -0.2) is 60.3 Å². The smallest absolute Gasteiger partial charge is 0.343 e. The molecule has 0 radical (unpaired) electrons. The first-order valence-electron chi connectivity index (χ1n) is 10.1. The lowest BCUT2D eigenvalue weighted by Crippen LogP contribution is -2.57. The van der Waals surface area contributed by atoms with Crippen LogP contribution < -0.4 is 10.3 Å². The van der Waals surface area contributed by atoms with Crippen LogP contribution in [0.5, 0.6) is 0 Å². The van der Waals surface area contributed by atoms with Crippen LogP contribution in [0, 0.1) is 12.4 Å². The van der Waals surface area contributed by atoms with Crippen molar-refractivity contribution in [1.29, 1.82) is 0 Å². The second-order valence-electron chi connectivity index (χ2n) is 7.79. The van der Waals surface area contributed by atoms with Crippen molar-refractivity contribution in [3.8, 4) is 5.69 Å². The van der Waals surface area contributed by atoms with E-state index in [1.807, 2.05) is 20.2 Å². The minimum atomic E-state index is -0.776. The molecule has 0 amide bonds. The Balaban J connectivity index is 1.81. The summed E-state index contributed by atoms with van der Waals surface area (Å²) in [6, 6.07) is 6.42. The molecule has 0 bridgehead atoms. The molecule has 0 spiro atoms. The normalized spacial score (nSPS) is 13.8. The Labute approximate surface area is 184 Å². The molecule has 0 unspecified atom stereocenters. The Kier molecular flexibility index (Phi) is 5.63. The molecule has 0 saturated carbocycles. The maximum atomic E-state index is 14.4. The Morgan fingerprint density at radius 2 is 2.09 bits per heavy atom. The first-order chi connectivity index (χ1) is 15.3. The van der Waals surface area contributed by atoms with E-state index in [1.165, 1.54) is 16.8 Å². The van der Waals surface area contributed by atoms with Crippen LogP contribution in [0.4, 0.5) is 15.9 Å². The van der Waals surface area contributed by atoms with E-state index in [1.54, 1.807) is 19.2 Å². The summed E-state index contributed by atoms with van der Waals surface area (Å²) < 4.78 is 20.9. The van der Waals surface area contributed by atoms with Crippen LogP contribution in [-0.2, 0) is 4.74 Å². The summed E-state index contributed by atoms with van der Waals surface area (Å²) in [7, 11) is 4.08. The van der Waals surface area contributed by atoms with Crippen LogP contribution in [0.2, 0.25) is 0 Å². The summed E-state index contributed by atoms with van der Waals surface area (Å²) in [5, 5.41) is 0.0589. The molecule has 0 N–H and O–H groups in total. The number of hydrogen-bond acceptors (Lipinski definition) is 6. The lowest BCUT2D eigenvalue weighted by Gasteiger charge is -2.43. The summed E-state index contributed by atoms with van der Waals surface area (Å²) in [5.74, 6) is -0.713. The zero-order valence-electron chi connectivity index (χ0n) is 18.0. The van der Waals surface area contributed by atoms with E-state index in [9.17, 15) is 14.0 Å². The molecule has 1 fully saturated rings. The fourth-order valence-electron chi connectivity index (χ4n) is 3.67. The standard InChI is InChI=1S/C23H22FN5O3/c1-5-32-23(31)17-13-29(20-9-18(24)19(25-2)8-16(20)22(17)30)14-6-7-21(26-10-14)28-11-15(12-28)27(3)4/h6-10,13,15H,5,11-12H2,1,3-4H3. The number of carbonyl (C=O) groups is 1. The van der Waals surface area contributed by atoms with E-state index >= 15 is 0 Å². The van der Waals surface area contributed by atoms with Crippen molar-refractivity contribution in [2.45, 2.75) is 13.0 Å². The number of pyridine rings is 2. The van der Waals surface area contributed by atoms with Crippen LogP contribution in [0.15, 0.2) is 41.5 Å². The number of hydrogen-bond donors (Lipinski definition) is 0. The van der Waals surface area contributed by atoms with Gasteiger partial charge >= 0.3 is 5.97 Å². The maximum absolute atomic E-state index is 14.4. The van der Waals surface area contributed by atoms with Crippen molar-refractivity contribution >= 4 is 28.4 Å². The summed E-state index contributed by atoms with van der Waals surface area (Å²) in [4.78, 5) is 37.3. The van der Waals surface area contributed by atoms with Gasteiger partial charge in [-0.05, 0) is 45.3 Å². The Morgan fingerprint density at radius 1 is 1.34 bits per heavy atom. The highest BCUT2D eigenvalue weighted by Gasteiger charge is 2.29. The monoisotopic (exact) mass is 435 g/mol. The third-order valence-electron chi connectivity index (χ3n) is 5.61. The van der Waals surface area contributed by atoms with Gasteiger partial charge in [0, 0.05) is 30.7 Å². The van der Waals surface area contributed by atoms with E-state index in [2.05, 4.69) is 19.6 Å². The predicted octanol–water partition coefficient (Wildman–Crippen LogP) is 3.00. The van der Waals surface area contributed by atoms with E-state index in [0.717, 1.165) is 25.0 Å². The molecule has 4 rings (SSSR count). The number of benzene rings is 1. The number of rotatable bonds is 5. The predicted molar refractivity (Wildman–Crippen MR) is 119 cm³/mol. The van der Waals surface area contributed by atoms with E-state index in [-0.39, 0.29) is 28.8 Å². The number of nitrogens with zero attached hydrogens (tertiary/aromatic N) is 5. The van der Waals surface area contributed by atoms with Crippen molar-refractivity contribution in [1.82, 2.24) is 14.5 Å². The minimum absolute atomic E-state index is 0.0589. The van der Waals surface area contributed by atoms with E-state index in [4.69, 9.17) is 11.3 Å². The highest BCUT2D eigenvalue weighted by molar-refractivity contribution is 5.95. The van der Waals surface area contributed by atoms with Gasteiger partial charge in [-0.1, -0.05) is 0 Å². The van der Waals surface area contributed by atoms with Gasteiger partial charge in [0.05, 0.1) is 30.6 Å². The molecular formula is C23H22FN5O3. The number of anilines is 1. The average molecular weight is 435 g/mol. The van der Waals surface area contributed by atoms with Gasteiger partial charge in [0.15, 0.2) is 0 Å². The lowest BCUT2D eigenvalue weighted by atomic mass is 10.1. The first-order valence-corrected chi connectivity index (χ1v) is 10.1. The number of aromatic nitrogens is 2. The van der Waals surface area contributed by atoms with Crippen LogP contribution in [0.25, 0.3) is 21.4 Å². The number of likely N-dealkylation sites (N-methyl/N-ethyl adjacent to an activating group) is 1. The van der Waals surface area contributed by atoms with Gasteiger partial charge in [0.2, 0.25) is 11.1 Å². The highest BCUT2D eigenvalue weighted by Crippen LogP contribution is 2.27. The zero-order chi connectivity index (χ0) is 23.0. The summed E-state index contributed by atoms with van der Waals surface area (Å²) >= 11 is 0. The maximum Gasteiger partial charge on any atom is 0.343 e. The van der Waals surface area contributed by atoms with Gasteiger partial charge < -0.3 is 19.1 Å². The third-order valence-corrected chi connectivity index (χ3v) is 5.61. The van der Waals surface area contributed by atoms with Crippen molar-refractivity contribution in [2.24, 2.45) is 0 Å². The molecular weight excluding hydrogens is 413 g/mol. The topological polar surface area (TPSA) is 72.0 Å². The fraction of sp³-hybridized carbons (Fsp3) is 0.304. The Hall–Kier alpha value is -3.77. The van der Waals surface area contributed by atoms with Gasteiger partial charge in [-0.2, -0.15) is 0 Å². The second-order valence-corrected chi connectivity index (χ2v) is 7.79. The molecule has 1 saturated heterocycles. The highest BCUT2D eigenvalue weighted by atomic mass is 19.1. The van der Waals surface area contributed by atoms with Gasteiger partial charge in [-0.3, -0.25) is 4.79 Å². The Bertz CT molecular complexity index is 1290. The van der Waals surface area contributed by atoms with E-state index < -0.39 is 17.2 Å². The molecule has 164 valence electrons. The summed E-state index contributed by atoms with van der Waals surface area (Å²) in [6.07, 6.45) is 2.94. The van der Waals surface area contributed by atoms with Gasteiger partial charge in [0.25, 0.3) is 0 Å². The quantitative estimate of drug-likeness (QED) is 0.453. The molecule has 1 aromatic carbocycles. The fourth-order valence-corrected chi connectivity index (χ4v) is 3.67. The molecule has 3 heterocycles. The Morgan fingerprint density at radius 3 is 2.69 bits per heavy atom. The summed E-state index contributed by atoms with van der Waals surface area (Å²) in [6.45, 7) is 10.6. The van der Waals surface area contributed by atoms with Crippen LogP contribution in [0.1, 0.15) is 17.3 Å². The molecule has 8 nitrogen and oxygen atoms in total. The molecule has 0 aliphatic carbocycles. The zero-order valence-corrected chi connectivity index (χ0v) is 18.0. The number of halogens is 1. The lowest BCUT2D eigenvalue weighted by molar-refractivity contribution is 0.0524. The molecule has 0 atom stereocenters. The number of esters is 1. The van der Waals surface area contributed by atoms with Gasteiger partial charge in [-0.15, -0.1) is 0 Å². The van der Waals surface area contributed by atoms with Crippen molar-refractivity contribution in [3.05, 3.63) is 69.7 Å². The molecule has 3 aromatic rings. The van der Waals surface area contributed by atoms with Gasteiger partial charge in [0.1, 0.15) is 17.2 Å². The second kappa shape index (κ2) is 8.40. The number of ether oxygens (including phenoxy) is 1. The number of fused-ring (bicyclic) bond motifs is 1. The van der Waals surface area contributed by atoms with Crippen LogP contribution >= 0.6 is 0 Å². The van der Waals surface area contributed by atoms with Crippen LogP contribution in [0.3, 0.4) is 0 Å². The molecule has 1 aliphatic rings. The van der Waals surface area contributed by atoms with Crippen molar-refractivity contribution < 1.29 is 13.9 Å². The third kappa shape index (κ3) is 3.69.